The summed E-state index contributed by atoms with van der Waals surface area (Å²) in [4.78, 5) is 2.68. The molecule has 152 valence electrons. The lowest BCUT2D eigenvalue weighted by molar-refractivity contribution is 0.0252. The van der Waals surface area contributed by atoms with Gasteiger partial charge in [-0.1, -0.05) is 50.1 Å². The number of aliphatic hydroxyl groups is 1. The average molecular weight is 374 g/mol. The zero-order valence-electron chi connectivity index (χ0n) is 17.7. The fourth-order valence-corrected chi connectivity index (χ4v) is 4.89. The van der Waals surface area contributed by atoms with Crippen LogP contribution in [0.4, 0.5) is 0 Å². The Labute approximate surface area is 166 Å². The number of nitrogens with zero attached hydrogens (tertiary/aromatic N) is 1. The maximum Gasteiger partial charge on any atom is 0.0939 e. The van der Waals surface area contributed by atoms with E-state index < -0.39 is 5.60 Å². The van der Waals surface area contributed by atoms with Crippen molar-refractivity contribution >= 4 is 0 Å². The first kappa shape index (κ1) is 20.8. The van der Waals surface area contributed by atoms with Gasteiger partial charge >= 0.3 is 0 Å². The Hall–Kier alpha value is -0.900. The number of hydrogen-bond acceptors (Lipinski definition) is 3. The summed E-state index contributed by atoms with van der Waals surface area (Å²) in [7, 11) is 0. The van der Waals surface area contributed by atoms with Crippen molar-refractivity contribution in [3.63, 3.8) is 0 Å². The van der Waals surface area contributed by atoms with E-state index in [2.05, 4.69) is 43.9 Å². The number of piperidine rings is 1. The molecule has 2 heterocycles. The lowest BCUT2D eigenvalue weighted by Gasteiger charge is -2.34. The van der Waals surface area contributed by atoms with E-state index in [0.29, 0.717) is 19.1 Å². The molecule has 1 aliphatic carbocycles. The van der Waals surface area contributed by atoms with Crippen LogP contribution in [0.3, 0.4) is 0 Å². The standard InChI is InChI=1S/C24H39NO2/c1-4-23(5-2)25-13-10-21(11-14-25)16-20-7-6-19(3)22(9-8-20)17-24(26)12-15-27-18-24/h8-9,16,19,23,26H,4-7,10-15,17-18H2,1-3H3. The Morgan fingerprint density at radius 3 is 2.59 bits per heavy atom. The SMILES string of the molecule is CCC(CC)N1CCC(=CC2=CC=C(CC3(O)CCOC3)C(C)CC2)CC1. The minimum absolute atomic E-state index is 0.491. The second kappa shape index (κ2) is 9.54. The molecule has 2 fully saturated rings. The predicted molar refractivity (Wildman–Crippen MR) is 113 cm³/mol. The van der Waals surface area contributed by atoms with Crippen LogP contribution < -0.4 is 0 Å². The van der Waals surface area contributed by atoms with E-state index >= 15 is 0 Å². The van der Waals surface area contributed by atoms with Crippen molar-refractivity contribution in [2.24, 2.45) is 5.92 Å². The van der Waals surface area contributed by atoms with Gasteiger partial charge in [0, 0.05) is 38.6 Å². The molecule has 0 spiro atoms. The zero-order chi connectivity index (χ0) is 19.3. The van der Waals surface area contributed by atoms with Crippen LogP contribution in [-0.4, -0.2) is 48.0 Å². The molecule has 2 saturated heterocycles. The first-order chi connectivity index (χ1) is 13.0. The Morgan fingerprint density at radius 2 is 1.96 bits per heavy atom. The van der Waals surface area contributed by atoms with Crippen molar-refractivity contribution in [3.8, 4) is 0 Å². The van der Waals surface area contributed by atoms with E-state index in [4.69, 9.17) is 4.74 Å². The number of hydrogen-bond donors (Lipinski definition) is 1. The molecule has 0 aromatic rings. The number of likely N-dealkylation sites (tertiary alicyclic amines) is 1. The highest BCUT2D eigenvalue weighted by molar-refractivity contribution is 5.32. The van der Waals surface area contributed by atoms with Crippen molar-refractivity contribution in [2.45, 2.75) is 83.8 Å². The highest BCUT2D eigenvalue weighted by Gasteiger charge is 2.34. The summed E-state index contributed by atoms with van der Waals surface area (Å²) in [5.41, 5.74) is 3.84. The monoisotopic (exact) mass is 373 g/mol. The van der Waals surface area contributed by atoms with Crippen molar-refractivity contribution < 1.29 is 9.84 Å². The topological polar surface area (TPSA) is 32.7 Å². The lowest BCUT2D eigenvalue weighted by Crippen LogP contribution is -2.39. The fourth-order valence-electron chi connectivity index (χ4n) is 4.89. The second-order valence-corrected chi connectivity index (χ2v) is 8.94. The molecule has 0 aromatic carbocycles. The van der Waals surface area contributed by atoms with Gasteiger partial charge in [0.1, 0.15) is 0 Å². The third-order valence-corrected chi connectivity index (χ3v) is 6.91. The van der Waals surface area contributed by atoms with Gasteiger partial charge in [0.05, 0.1) is 12.2 Å². The third-order valence-electron chi connectivity index (χ3n) is 6.91. The van der Waals surface area contributed by atoms with Gasteiger partial charge in [0.25, 0.3) is 0 Å². The summed E-state index contributed by atoms with van der Waals surface area (Å²) in [5.74, 6) is 0.540. The molecular formula is C24H39NO2. The molecule has 1 N–H and O–H groups in total. The predicted octanol–water partition coefficient (Wildman–Crippen LogP) is 5.02. The number of ether oxygens (including phenoxy) is 1. The summed E-state index contributed by atoms with van der Waals surface area (Å²) < 4.78 is 5.43. The number of allylic oxidation sites excluding steroid dienone is 4. The minimum atomic E-state index is -0.640. The highest BCUT2D eigenvalue weighted by atomic mass is 16.5. The Bertz CT molecular complexity index is 569. The fraction of sp³-hybridized carbons (Fsp3) is 0.750. The Morgan fingerprint density at radius 1 is 1.22 bits per heavy atom. The molecule has 0 saturated carbocycles. The van der Waals surface area contributed by atoms with Crippen LogP contribution in [-0.2, 0) is 4.74 Å². The van der Waals surface area contributed by atoms with Gasteiger partial charge in [-0.15, -0.1) is 0 Å². The van der Waals surface area contributed by atoms with Gasteiger partial charge in [0.15, 0.2) is 0 Å². The smallest absolute Gasteiger partial charge is 0.0939 e. The summed E-state index contributed by atoms with van der Waals surface area (Å²) >= 11 is 0. The van der Waals surface area contributed by atoms with Gasteiger partial charge in [-0.2, -0.15) is 0 Å². The summed E-state index contributed by atoms with van der Waals surface area (Å²) in [6.07, 6.45) is 15.9. The Kier molecular flexibility index (Phi) is 7.35. The van der Waals surface area contributed by atoms with Crippen LogP contribution in [0.1, 0.15) is 72.1 Å². The van der Waals surface area contributed by atoms with Crippen LogP contribution in [0.15, 0.2) is 34.9 Å². The van der Waals surface area contributed by atoms with Crippen LogP contribution in [0.5, 0.6) is 0 Å². The molecule has 0 bridgehead atoms. The molecular weight excluding hydrogens is 334 g/mol. The summed E-state index contributed by atoms with van der Waals surface area (Å²) in [6, 6.07) is 0.764. The molecule has 0 radical (unpaired) electrons. The molecule has 0 aromatic heterocycles. The van der Waals surface area contributed by atoms with E-state index in [0.717, 1.165) is 25.3 Å². The van der Waals surface area contributed by atoms with Crippen LogP contribution in [0.25, 0.3) is 0 Å². The van der Waals surface area contributed by atoms with E-state index in [-0.39, 0.29) is 0 Å². The van der Waals surface area contributed by atoms with Crippen molar-refractivity contribution in [3.05, 3.63) is 34.9 Å². The van der Waals surface area contributed by atoms with E-state index in [1.54, 1.807) is 5.57 Å². The van der Waals surface area contributed by atoms with E-state index in [9.17, 15) is 5.11 Å². The summed E-state index contributed by atoms with van der Waals surface area (Å²) in [5, 5.41) is 10.7. The summed E-state index contributed by atoms with van der Waals surface area (Å²) in [6.45, 7) is 10.6. The van der Waals surface area contributed by atoms with Crippen molar-refractivity contribution in [1.29, 1.82) is 0 Å². The average Bonchev–Trinajstić information content (AvgIpc) is 3.03. The lowest BCUT2D eigenvalue weighted by atomic mass is 9.86. The van der Waals surface area contributed by atoms with Crippen LogP contribution in [0, 0.1) is 5.92 Å². The normalized spacial score (nSPS) is 30.3. The molecule has 0 amide bonds. The highest BCUT2D eigenvalue weighted by Crippen LogP contribution is 2.34. The quantitative estimate of drug-likeness (QED) is 0.709. The Balaban J connectivity index is 1.61. The molecule has 3 heteroatoms. The molecule has 3 nitrogen and oxygen atoms in total. The van der Waals surface area contributed by atoms with Crippen molar-refractivity contribution in [1.82, 2.24) is 4.90 Å². The molecule has 2 aliphatic heterocycles. The minimum Gasteiger partial charge on any atom is -0.387 e. The van der Waals surface area contributed by atoms with Gasteiger partial charge < -0.3 is 9.84 Å². The molecule has 2 unspecified atom stereocenters. The van der Waals surface area contributed by atoms with Gasteiger partial charge in [-0.25, -0.2) is 0 Å². The molecule has 2 atom stereocenters. The van der Waals surface area contributed by atoms with E-state index in [1.165, 1.54) is 56.3 Å². The molecule has 3 rings (SSSR count). The second-order valence-electron chi connectivity index (χ2n) is 8.94. The van der Waals surface area contributed by atoms with Gasteiger partial charge in [-0.05, 0) is 50.0 Å². The maximum absolute atomic E-state index is 10.7. The van der Waals surface area contributed by atoms with Crippen LogP contribution in [0.2, 0.25) is 0 Å². The molecule has 27 heavy (non-hydrogen) atoms. The van der Waals surface area contributed by atoms with Gasteiger partial charge in [-0.3, -0.25) is 4.90 Å². The largest absolute Gasteiger partial charge is 0.387 e. The third kappa shape index (κ3) is 5.56. The van der Waals surface area contributed by atoms with Gasteiger partial charge in [0.2, 0.25) is 0 Å². The van der Waals surface area contributed by atoms with Crippen molar-refractivity contribution in [2.75, 3.05) is 26.3 Å². The number of rotatable bonds is 6. The first-order valence-corrected chi connectivity index (χ1v) is 11.2. The van der Waals surface area contributed by atoms with E-state index in [1.807, 2.05) is 0 Å². The first-order valence-electron chi connectivity index (χ1n) is 11.2. The molecule has 3 aliphatic rings. The van der Waals surface area contributed by atoms with Crippen LogP contribution >= 0.6 is 0 Å². The zero-order valence-corrected chi connectivity index (χ0v) is 17.7. The maximum atomic E-state index is 10.7.